The van der Waals surface area contributed by atoms with Gasteiger partial charge in [-0.15, -0.1) is 11.8 Å². The number of rotatable bonds is 8. The molecule has 0 aromatic heterocycles. The molecule has 1 aliphatic rings. The fraction of sp³-hybridized carbons (Fsp3) is 0.417. The van der Waals surface area contributed by atoms with Crippen LogP contribution in [0, 0.1) is 5.92 Å². The summed E-state index contributed by atoms with van der Waals surface area (Å²) in [4.78, 5) is 28.3. The second-order valence-electron chi connectivity index (χ2n) is 7.68. The van der Waals surface area contributed by atoms with Crippen molar-refractivity contribution in [2.24, 2.45) is 5.92 Å². The molecule has 1 saturated heterocycles. The van der Waals surface area contributed by atoms with E-state index in [-0.39, 0.29) is 23.8 Å². The number of thioether (sulfide) groups is 1. The van der Waals surface area contributed by atoms with Crippen LogP contribution in [-0.4, -0.2) is 48.7 Å². The molecule has 0 radical (unpaired) electrons. The number of hydrogen-bond acceptors (Lipinski definition) is 4. The van der Waals surface area contributed by atoms with E-state index in [1.165, 1.54) is 4.90 Å². The number of amides is 2. The molecule has 3 rings (SSSR count). The van der Waals surface area contributed by atoms with E-state index < -0.39 is 0 Å². The molecule has 1 heterocycles. The fourth-order valence-electron chi connectivity index (χ4n) is 3.55. The van der Waals surface area contributed by atoms with E-state index in [1.54, 1.807) is 18.9 Å². The third-order valence-corrected chi connectivity index (χ3v) is 6.69. The van der Waals surface area contributed by atoms with E-state index >= 15 is 0 Å². The van der Waals surface area contributed by atoms with Crippen molar-refractivity contribution < 1.29 is 14.3 Å². The van der Waals surface area contributed by atoms with E-state index in [1.807, 2.05) is 54.3 Å². The van der Waals surface area contributed by atoms with Crippen LogP contribution in [0.25, 0.3) is 0 Å². The van der Waals surface area contributed by atoms with Crippen LogP contribution in [-0.2, 0) is 16.0 Å². The minimum Gasteiger partial charge on any atom is -0.496 e. The van der Waals surface area contributed by atoms with E-state index in [4.69, 9.17) is 4.74 Å². The summed E-state index contributed by atoms with van der Waals surface area (Å²) in [5.41, 5.74) is 0.908. The molecular weight excluding hydrogens is 396 g/mol. The number of carbonyl (C=O) groups excluding carboxylic acids is 2. The molecule has 1 unspecified atom stereocenters. The molecule has 6 heteroatoms. The molecule has 30 heavy (non-hydrogen) atoms. The molecule has 0 saturated carbocycles. The molecule has 160 valence electrons. The lowest BCUT2D eigenvalue weighted by Crippen LogP contribution is -2.48. The molecule has 1 fully saturated rings. The van der Waals surface area contributed by atoms with Crippen LogP contribution in [0.1, 0.15) is 25.3 Å². The van der Waals surface area contributed by atoms with Gasteiger partial charge >= 0.3 is 0 Å². The molecule has 0 aliphatic carbocycles. The molecule has 0 bridgehead atoms. The largest absolute Gasteiger partial charge is 0.496 e. The van der Waals surface area contributed by atoms with Gasteiger partial charge in [0.25, 0.3) is 0 Å². The first kappa shape index (κ1) is 22.2. The monoisotopic (exact) mass is 426 g/mol. The zero-order valence-corrected chi connectivity index (χ0v) is 18.5. The van der Waals surface area contributed by atoms with Crippen molar-refractivity contribution in [2.45, 2.75) is 37.1 Å². The Morgan fingerprint density at radius 3 is 2.47 bits per heavy atom. The Bertz CT molecular complexity index is 835. The maximum Gasteiger partial charge on any atom is 0.227 e. The van der Waals surface area contributed by atoms with E-state index in [0.29, 0.717) is 19.5 Å². The van der Waals surface area contributed by atoms with Crippen molar-refractivity contribution in [2.75, 3.05) is 26.0 Å². The van der Waals surface area contributed by atoms with Gasteiger partial charge in [0.2, 0.25) is 11.8 Å². The molecule has 2 amide bonds. The van der Waals surface area contributed by atoms with Gasteiger partial charge in [0.1, 0.15) is 5.75 Å². The second-order valence-corrected chi connectivity index (χ2v) is 8.77. The van der Waals surface area contributed by atoms with Crippen LogP contribution >= 0.6 is 11.8 Å². The predicted molar refractivity (Wildman–Crippen MR) is 121 cm³/mol. The normalized spacial score (nSPS) is 15.5. The van der Waals surface area contributed by atoms with Crippen molar-refractivity contribution in [3.05, 3.63) is 60.2 Å². The number of ether oxygens (including phenoxy) is 1. The minimum atomic E-state index is -0.0552. The Morgan fingerprint density at radius 2 is 1.77 bits per heavy atom. The molecule has 1 atom stereocenters. The van der Waals surface area contributed by atoms with E-state index in [0.717, 1.165) is 29.9 Å². The van der Waals surface area contributed by atoms with Gasteiger partial charge in [-0.05, 0) is 31.0 Å². The number of nitrogens with one attached hydrogen (secondary N) is 1. The number of carbonyl (C=O) groups is 2. The van der Waals surface area contributed by atoms with Gasteiger partial charge in [0, 0.05) is 41.3 Å². The first-order valence-corrected chi connectivity index (χ1v) is 11.4. The average Bonchev–Trinajstić information content (AvgIpc) is 2.79. The topological polar surface area (TPSA) is 58.6 Å². The number of benzene rings is 2. The third-order valence-electron chi connectivity index (χ3n) is 5.42. The fourth-order valence-corrected chi connectivity index (χ4v) is 4.50. The van der Waals surface area contributed by atoms with Gasteiger partial charge < -0.3 is 15.0 Å². The molecule has 5 nitrogen and oxygen atoms in total. The lowest BCUT2D eigenvalue weighted by molar-refractivity contribution is -0.131. The molecular formula is C24H30N2O3S. The zero-order valence-electron chi connectivity index (χ0n) is 17.7. The highest BCUT2D eigenvalue weighted by molar-refractivity contribution is 7.99. The average molecular weight is 427 g/mol. The van der Waals surface area contributed by atoms with Crippen LogP contribution in [0.5, 0.6) is 5.75 Å². The summed E-state index contributed by atoms with van der Waals surface area (Å²) < 4.78 is 5.34. The standard InChI is InChI=1S/C24H30N2O3S/c1-18(17-30-21-9-4-3-5-10-21)24(28)25-20-12-14-26(15-13-20)23(27)16-19-8-6-7-11-22(19)29-2/h3-11,18,20H,12-17H2,1-2H3,(H,25,28). The summed E-state index contributed by atoms with van der Waals surface area (Å²) in [5, 5.41) is 3.17. The predicted octanol–water partition coefficient (Wildman–Crippen LogP) is 3.77. The quantitative estimate of drug-likeness (QED) is 0.653. The number of hydrogen-bond donors (Lipinski definition) is 1. The lowest BCUT2D eigenvalue weighted by atomic mass is 10.0. The first-order valence-electron chi connectivity index (χ1n) is 10.4. The second kappa shape index (κ2) is 11.1. The van der Waals surface area contributed by atoms with Crippen molar-refractivity contribution in [3.63, 3.8) is 0 Å². The Morgan fingerprint density at radius 1 is 1.10 bits per heavy atom. The highest BCUT2D eigenvalue weighted by atomic mass is 32.2. The van der Waals surface area contributed by atoms with Gasteiger partial charge in [0.05, 0.1) is 13.5 Å². The SMILES string of the molecule is COc1ccccc1CC(=O)N1CCC(NC(=O)C(C)CSc2ccccc2)CC1. The summed E-state index contributed by atoms with van der Waals surface area (Å²) in [6.07, 6.45) is 1.93. The smallest absolute Gasteiger partial charge is 0.227 e. The van der Waals surface area contributed by atoms with Crippen LogP contribution < -0.4 is 10.1 Å². The van der Waals surface area contributed by atoms with Gasteiger partial charge in [-0.2, -0.15) is 0 Å². The number of methoxy groups -OCH3 is 1. The first-order chi connectivity index (χ1) is 14.6. The van der Waals surface area contributed by atoms with Gasteiger partial charge in [-0.1, -0.05) is 43.3 Å². The summed E-state index contributed by atoms with van der Waals surface area (Å²) in [5.74, 6) is 1.65. The molecule has 1 N–H and O–H groups in total. The summed E-state index contributed by atoms with van der Waals surface area (Å²) >= 11 is 1.70. The number of nitrogens with zero attached hydrogens (tertiary/aromatic N) is 1. The Kier molecular flexibility index (Phi) is 8.20. The Hall–Kier alpha value is -2.47. The minimum absolute atomic E-state index is 0.0552. The Balaban J connectivity index is 1.41. The van der Waals surface area contributed by atoms with Crippen molar-refractivity contribution in [1.29, 1.82) is 0 Å². The van der Waals surface area contributed by atoms with Crippen molar-refractivity contribution in [3.8, 4) is 5.75 Å². The van der Waals surface area contributed by atoms with E-state index in [2.05, 4.69) is 17.4 Å². The summed E-state index contributed by atoms with van der Waals surface area (Å²) in [6, 6.07) is 17.9. The number of likely N-dealkylation sites (tertiary alicyclic amines) is 1. The lowest BCUT2D eigenvalue weighted by Gasteiger charge is -2.33. The van der Waals surface area contributed by atoms with Crippen molar-refractivity contribution in [1.82, 2.24) is 10.2 Å². The van der Waals surface area contributed by atoms with Crippen LogP contribution in [0.4, 0.5) is 0 Å². The van der Waals surface area contributed by atoms with Crippen molar-refractivity contribution >= 4 is 23.6 Å². The summed E-state index contributed by atoms with van der Waals surface area (Å²) in [6.45, 7) is 3.31. The maximum absolute atomic E-state index is 12.7. The molecule has 2 aromatic carbocycles. The Labute approximate surface area is 183 Å². The van der Waals surface area contributed by atoms with Gasteiger partial charge in [-0.25, -0.2) is 0 Å². The third kappa shape index (κ3) is 6.26. The maximum atomic E-state index is 12.7. The zero-order chi connectivity index (χ0) is 21.3. The van der Waals surface area contributed by atoms with Gasteiger partial charge in [0.15, 0.2) is 0 Å². The molecule has 0 spiro atoms. The highest BCUT2D eigenvalue weighted by Crippen LogP contribution is 2.22. The molecule has 1 aliphatic heterocycles. The van der Waals surface area contributed by atoms with Crippen LogP contribution in [0.15, 0.2) is 59.5 Å². The van der Waals surface area contributed by atoms with Crippen LogP contribution in [0.3, 0.4) is 0 Å². The van der Waals surface area contributed by atoms with E-state index in [9.17, 15) is 9.59 Å². The summed E-state index contributed by atoms with van der Waals surface area (Å²) in [7, 11) is 1.62. The highest BCUT2D eigenvalue weighted by Gasteiger charge is 2.25. The van der Waals surface area contributed by atoms with Gasteiger partial charge in [-0.3, -0.25) is 9.59 Å². The van der Waals surface area contributed by atoms with Crippen LogP contribution in [0.2, 0.25) is 0 Å². The number of piperidine rings is 1. The molecule has 2 aromatic rings. The number of para-hydroxylation sites is 1.